The van der Waals surface area contributed by atoms with E-state index in [9.17, 15) is 25.0 Å². The predicted molar refractivity (Wildman–Crippen MR) is 85.6 cm³/mol. The number of allylic oxidation sites excluding steroid dienone is 1. The number of methoxy groups -OCH3 is 1. The number of para-hydroxylation sites is 1. The monoisotopic (exact) mass is 347 g/mol. The molecule has 2 rings (SSSR count). The Balaban J connectivity index is 2.76. The molecule has 1 aromatic rings. The van der Waals surface area contributed by atoms with Gasteiger partial charge in [0.05, 0.1) is 34.6 Å². The normalized spacial score (nSPS) is 20.1. The molecule has 24 heavy (non-hydrogen) atoms. The Hall–Kier alpha value is -2.86. The molecule has 0 aromatic heterocycles. The highest BCUT2D eigenvalue weighted by molar-refractivity contribution is 8.02. The third-order valence-electron chi connectivity index (χ3n) is 3.66. The molecule has 0 aliphatic carbocycles. The molecule has 2 atom stereocenters. The number of carbonyl (C=O) groups is 2. The van der Waals surface area contributed by atoms with Gasteiger partial charge in [-0.1, -0.05) is 18.2 Å². The number of nitrogens with one attached hydrogen (secondary N) is 1. The van der Waals surface area contributed by atoms with Crippen molar-refractivity contribution in [1.29, 1.82) is 5.26 Å². The van der Waals surface area contributed by atoms with Crippen molar-refractivity contribution in [2.24, 2.45) is 5.92 Å². The van der Waals surface area contributed by atoms with Gasteiger partial charge in [-0.3, -0.25) is 19.7 Å². The molecule has 0 bridgehead atoms. The number of nitro benzene ring substituents is 1. The summed E-state index contributed by atoms with van der Waals surface area (Å²) in [4.78, 5) is 35.2. The van der Waals surface area contributed by atoms with Gasteiger partial charge in [-0.25, -0.2) is 0 Å². The number of nitriles is 1. The molecule has 8 nitrogen and oxygen atoms in total. The first-order valence-corrected chi connectivity index (χ1v) is 7.99. The Labute approximate surface area is 141 Å². The van der Waals surface area contributed by atoms with Crippen LogP contribution in [0.15, 0.2) is 34.9 Å². The first-order chi connectivity index (χ1) is 11.5. The van der Waals surface area contributed by atoms with Crippen molar-refractivity contribution < 1.29 is 19.2 Å². The van der Waals surface area contributed by atoms with Crippen LogP contribution in [-0.4, -0.2) is 30.2 Å². The fourth-order valence-corrected chi connectivity index (χ4v) is 3.21. The van der Waals surface area contributed by atoms with E-state index < -0.39 is 28.6 Å². The summed E-state index contributed by atoms with van der Waals surface area (Å²) in [7, 11) is 1.12. The molecular weight excluding hydrogens is 334 g/mol. The van der Waals surface area contributed by atoms with Crippen molar-refractivity contribution in [3.05, 3.63) is 50.5 Å². The standard InChI is InChI=1S/C15H13N3O5S/c1-23-15(20)12-11(8-5-3-4-6-10(8)18(21)22)9(7-16)14(24-2)17-13(12)19/h3-6,11-12H,1-2H3,(H,17,19). The largest absolute Gasteiger partial charge is 0.468 e. The Morgan fingerprint density at radius 1 is 1.46 bits per heavy atom. The van der Waals surface area contributed by atoms with Gasteiger partial charge in [0.2, 0.25) is 5.91 Å². The van der Waals surface area contributed by atoms with Crippen LogP contribution in [0.5, 0.6) is 0 Å². The number of carbonyl (C=O) groups excluding carboxylic acids is 2. The number of ether oxygens (including phenoxy) is 1. The van der Waals surface area contributed by atoms with Gasteiger partial charge < -0.3 is 10.1 Å². The summed E-state index contributed by atoms with van der Waals surface area (Å²) in [6.07, 6.45) is 1.65. The van der Waals surface area contributed by atoms with Crippen LogP contribution >= 0.6 is 11.8 Å². The summed E-state index contributed by atoms with van der Waals surface area (Å²) in [6.45, 7) is 0. The minimum Gasteiger partial charge on any atom is -0.468 e. The van der Waals surface area contributed by atoms with Crippen molar-refractivity contribution in [2.45, 2.75) is 5.92 Å². The topological polar surface area (TPSA) is 122 Å². The van der Waals surface area contributed by atoms with E-state index in [0.29, 0.717) is 0 Å². The lowest BCUT2D eigenvalue weighted by Gasteiger charge is -2.30. The number of hydrogen-bond acceptors (Lipinski definition) is 7. The Morgan fingerprint density at radius 2 is 2.12 bits per heavy atom. The zero-order valence-electron chi connectivity index (χ0n) is 12.8. The summed E-state index contributed by atoms with van der Waals surface area (Å²) in [5.74, 6) is -3.97. The van der Waals surface area contributed by atoms with Crippen LogP contribution in [0.25, 0.3) is 0 Å². The minimum absolute atomic E-state index is 0.0896. The lowest BCUT2D eigenvalue weighted by molar-refractivity contribution is -0.385. The number of thioether (sulfide) groups is 1. The lowest BCUT2D eigenvalue weighted by atomic mass is 9.78. The van der Waals surface area contributed by atoms with Gasteiger partial charge in [0.1, 0.15) is 5.92 Å². The molecule has 124 valence electrons. The lowest BCUT2D eigenvalue weighted by Crippen LogP contribution is -2.44. The number of nitrogens with zero attached hydrogens (tertiary/aromatic N) is 2. The van der Waals surface area contributed by atoms with Gasteiger partial charge >= 0.3 is 5.97 Å². The first-order valence-electron chi connectivity index (χ1n) is 6.76. The van der Waals surface area contributed by atoms with Crippen molar-refractivity contribution in [3.63, 3.8) is 0 Å². The molecule has 0 saturated carbocycles. The molecule has 0 fully saturated rings. The summed E-state index contributed by atoms with van der Waals surface area (Å²) in [5.41, 5.74) is -0.0537. The third kappa shape index (κ3) is 2.96. The molecule has 9 heteroatoms. The molecule has 1 aliphatic rings. The Kier molecular flexibility index (Phi) is 5.21. The molecule has 2 unspecified atom stereocenters. The van der Waals surface area contributed by atoms with E-state index in [1.54, 1.807) is 12.3 Å². The second-order valence-corrected chi connectivity index (χ2v) is 5.66. The van der Waals surface area contributed by atoms with Gasteiger partial charge in [0.25, 0.3) is 5.69 Å². The fourth-order valence-electron chi connectivity index (χ4n) is 2.62. The van der Waals surface area contributed by atoms with E-state index in [-0.39, 0.29) is 21.9 Å². The van der Waals surface area contributed by atoms with Gasteiger partial charge in [-0.2, -0.15) is 5.26 Å². The maximum atomic E-state index is 12.4. The SMILES string of the molecule is COC(=O)C1C(=O)NC(SC)=C(C#N)C1c1ccccc1[N+](=O)[O-]. The maximum absolute atomic E-state index is 12.4. The number of benzene rings is 1. The van der Waals surface area contributed by atoms with Gasteiger partial charge in [-0.15, -0.1) is 11.8 Å². The van der Waals surface area contributed by atoms with Gasteiger partial charge in [0, 0.05) is 11.6 Å². The molecular formula is C15H13N3O5S. The van der Waals surface area contributed by atoms with Crippen LogP contribution in [0, 0.1) is 27.4 Å². The van der Waals surface area contributed by atoms with Crippen LogP contribution in [0.1, 0.15) is 11.5 Å². The van der Waals surface area contributed by atoms with E-state index in [2.05, 4.69) is 10.1 Å². The van der Waals surface area contributed by atoms with Crippen LogP contribution < -0.4 is 5.32 Å². The Morgan fingerprint density at radius 3 is 2.67 bits per heavy atom. The summed E-state index contributed by atoms with van der Waals surface area (Å²) >= 11 is 1.12. The first kappa shape index (κ1) is 17.5. The van der Waals surface area contributed by atoms with Crippen molar-refractivity contribution in [2.75, 3.05) is 13.4 Å². The van der Waals surface area contributed by atoms with Gasteiger partial charge in [0.15, 0.2) is 0 Å². The molecule has 1 heterocycles. The molecule has 0 radical (unpaired) electrons. The van der Waals surface area contributed by atoms with E-state index >= 15 is 0 Å². The van der Waals surface area contributed by atoms with Crippen LogP contribution in [0.2, 0.25) is 0 Å². The molecule has 1 aliphatic heterocycles. The van der Waals surface area contributed by atoms with Crippen molar-refractivity contribution >= 4 is 29.3 Å². The summed E-state index contributed by atoms with van der Waals surface area (Å²) in [6, 6.07) is 7.70. The highest BCUT2D eigenvalue weighted by Gasteiger charge is 2.46. The van der Waals surface area contributed by atoms with Crippen molar-refractivity contribution in [3.8, 4) is 6.07 Å². The minimum atomic E-state index is -1.37. The number of hydrogen-bond donors (Lipinski definition) is 1. The average Bonchev–Trinajstić information content (AvgIpc) is 2.59. The zero-order chi connectivity index (χ0) is 17.9. The van der Waals surface area contributed by atoms with E-state index in [0.717, 1.165) is 18.9 Å². The van der Waals surface area contributed by atoms with Crippen LogP contribution in [0.4, 0.5) is 5.69 Å². The van der Waals surface area contributed by atoms with Crippen molar-refractivity contribution in [1.82, 2.24) is 5.32 Å². The molecule has 1 amide bonds. The second-order valence-electron chi connectivity index (χ2n) is 4.84. The van der Waals surface area contributed by atoms with Crippen LogP contribution in [-0.2, 0) is 14.3 Å². The predicted octanol–water partition coefficient (Wildman–Crippen LogP) is 1.70. The molecule has 1 N–H and O–H groups in total. The van der Waals surface area contributed by atoms with Gasteiger partial charge in [-0.05, 0) is 6.26 Å². The van der Waals surface area contributed by atoms with E-state index in [1.807, 2.05) is 6.07 Å². The highest BCUT2D eigenvalue weighted by atomic mass is 32.2. The molecule has 0 spiro atoms. The maximum Gasteiger partial charge on any atom is 0.319 e. The average molecular weight is 347 g/mol. The second kappa shape index (κ2) is 7.14. The Bertz CT molecular complexity index is 784. The smallest absolute Gasteiger partial charge is 0.319 e. The number of amides is 1. The van der Waals surface area contributed by atoms with E-state index in [4.69, 9.17) is 0 Å². The third-order valence-corrected chi connectivity index (χ3v) is 4.39. The quantitative estimate of drug-likeness (QED) is 0.380. The molecule has 1 aromatic carbocycles. The van der Waals surface area contributed by atoms with Crippen LogP contribution in [0.3, 0.4) is 0 Å². The fraction of sp³-hybridized carbons (Fsp3) is 0.267. The summed E-state index contributed by atoms with van der Waals surface area (Å²) in [5, 5.41) is 23.6. The number of esters is 1. The highest BCUT2D eigenvalue weighted by Crippen LogP contribution is 2.42. The molecule has 0 saturated heterocycles. The number of nitro groups is 1. The number of rotatable bonds is 4. The van der Waals surface area contributed by atoms with E-state index in [1.165, 1.54) is 18.2 Å². The zero-order valence-corrected chi connectivity index (χ0v) is 13.6. The summed E-state index contributed by atoms with van der Waals surface area (Å²) < 4.78 is 4.67.